The molecule has 2 aliphatic carbocycles. The topological polar surface area (TPSA) is 52.6 Å². The molecule has 4 atom stereocenters. The van der Waals surface area contributed by atoms with Crippen molar-refractivity contribution in [3.05, 3.63) is 35.4 Å². The number of aliphatic hydroxyl groups excluding tert-OH is 1. The van der Waals surface area contributed by atoms with Crippen LogP contribution in [0.4, 0.5) is 0 Å². The van der Waals surface area contributed by atoms with Gasteiger partial charge in [-0.25, -0.2) is 0 Å². The molecule has 1 amide bonds. The van der Waals surface area contributed by atoms with Crippen molar-refractivity contribution in [3.8, 4) is 0 Å². The summed E-state index contributed by atoms with van der Waals surface area (Å²) >= 11 is 0. The third kappa shape index (κ3) is 3.11. The van der Waals surface area contributed by atoms with Gasteiger partial charge in [0.1, 0.15) is 0 Å². The SMILES string of the molecule is CCC(C)CN1C[C@@H]2[C@H](NC(=O)C3CC(O)C3)c3ccccc3[C@@H]2C1. The van der Waals surface area contributed by atoms with Crippen LogP contribution in [0.2, 0.25) is 0 Å². The van der Waals surface area contributed by atoms with Crippen molar-refractivity contribution in [1.29, 1.82) is 0 Å². The minimum absolute atomic E-state index is 0.00108. The molecule has 2 N–H and O–H groups in total. The lowest BCUT2D eigenvalue weighted by molar-refractivity contribution is -0.132. The second kappa shape index (κ2) is 6.73. The summed E-state index contributed by atoms with van der Waals surface area (Å²) in [6.45, 7) is 7.92. The Morgan fingerprint density at radius 2 is 2.00 bits per heavy atom. The van der Waals surface area contributed by atoms with Gasteiger partial charge in [0.25, 0.3) is 0 Å². The Labute approximate surface area is 150 Å². The van der Waals surface area contributed by atoms with Crippen LogP contribution in [0.5, 0.6) is 0 Å². The largest absolute Gasteiger partial charge is 0.393 e. The van der Waals surface area contributed by atoms with Crippen molar-refractivity contribution in [2.24, 2.45) is 17.8 Å². The van der Waals surface area contributed by atoms with Crippen molar-refractivity contribution in [1.82, 2.24) is 10.2 Å². The van der Waals surface area contributed by atoms with Crippen LogP contribution in [0, 0.1) is 17.8 Å². The number of nitrogens with zero attached hydrogens (tertiary/aromatic N) is 1. The molecule has 4 nitrogen and oxygen atoms in total. The summed E-state index contributed by atoms with van der Waals surface area (Å²) in [7, 11) is 0. The minimum Gasteiger partial charge on any atom is -0.393 e. The van der Waals surface area contributed by atoms with Crippen LogP contribution in [0.15, 0.2) is 24.3 Å². The van der Waals surface area contributed by atoms with Crippen LogP contribution in [-0.2, 0) is 4.79 Å². The van der Waals surface area contributed by atoms with Crippen LogP contribution in [0.25, 0.3) is 0 Å². The average molecular weight is 342 g/mol. The molecule has 4 heteroatoms. The zero-order valence-electron chi connectivity index (χ0n) is 15.3. The Morgan fingerprint density at radius 3 is 2.68 bits per heavy atom. The number of likely N-dealkylation sites (tertiary alicyclic amines) is 1. The maximum absolute atomic E-state index is 12.6. The summed E-state index contributed by atoms with van der Waals surface area (Å²) in [5, 5.41) is 12.8. The van der Waals surface area contributed by atoms with Crippen LogP contribution < -0.4 is 5.32 Å². The maximum Gasteiger partial charge on any atom is 0.223 e. The lowest BCUT2D eigenvalue weighted by Gasteiger charge is -2.32. The third-order valence-electron chi connectivity index (χ3n) is 6.65. The molecule has 0 bridgehead atoms. The summed E-state index contributed by atoms with van der Waals surface area (Å²) in [5.74, 6) is 1.87. The predicted octanol–water partition coefficient (Wildman–Crippen LogP) is 2.69. The second-order valence-corrected chi connectivity index (χ2v) is 8.44. The monoisotopic (exact) mass is 342 g/mol. The molecule has 1 heterocycles. The van der Waals surface area contributed by atoms with E-state index in [1.807, 2.05) is 0 Å². The number of amides is 1. The average Bonchev–Trinajstić information content (AvgIpc) is 3.10. The van der Waals surface area contributed by atoms with E-state index in [-0.39, 0.29) is 24.0 Å². The Hall–Kier alpha value is -1.39. The van der Waals surface area contributed by atoms with Gasteiger partial charge in [-0.05, 0) is 29.9 Å². The molecule has 4 rings (SSSR count). The summed E-state index contributed by atoms with van der Waals surface area (Å²) in [6, 6.07) is 8.78. The van der Waals surface area contributed by atoms with Gasteiger partial charge < -0.3 is 15.3 Å². The molecule has 0 radical (unpaired) electrons. The van der Waals surface area contributed by atoms with Gasteiger partial charge in [-0.1, -0.05) is 44.5 Å². The van der Waals surface area contributed by atoms with Crippen LogP contribution in [0.3, 0.4) is 0 Å². The molecule has 0 aromatic heterocycles. The number of carbonyl (C=O) groups is 1. The van der Waals surface area contributed by atoms with Crippen LogP contribution in [-0.4, -0.2) is 41.7 Å². The number of rotatable bonds is 5. The number of benzene rings is 1. The fourth-order valence-electron chi connectivity index (χ4n) is 4.92. The Morgan fingerprint density at radius 1 is 1.28 bits per heavy atom. The second-order valence-electron chi connectivity index (χ2n) is 8.44. The van der Waals surface area contributed by atoms with Crippen LogP contribution >= 0.6 is 0 Å². The Balaban J connectivity index is 1.51. The lowest BCUT2D eigenvalue weighted by atomic mass is 9.81. The molecule has 1 saturated heterocycles. The number of nitrogens with one attached hydrogen (secondary N) is 1. The number of aliphatic hydroxyl groups is 1. The van der Waals surface area contributed by atoms with E-state index in [9.17, 15) is 9.90 Å². The van der Waals surface area contributed by atoms with E-state index in [0.717, 1.165) is 25.6 Å². The van der Waals surface area contributed by atoms with Crippen molar-refractivity contribution >= 4 is 5.91 Å². The van der Waals surface area contributed by atoms with Gasteiger partial charge in [-0.15, -0.1) is 0 Å². The maximum atomic E-state index is 12.6. The Kier molecular flexibility index (Phi) is 4.59. The van der Waals surface area contributed by atoms with Gasteiger partial charge >= 0.3 is 0 Å². The van der Waals surface area contributed by atoms with Crippen molar-refractivity contribution in [2.45, 2.75) is 51.2 Å². The highest BCUT2D eigenvalue weighted by Gasteiger charge is 2.47. The molecule has 1 aliphatic heterocycles. The first kappa shape index (κ1) is 17.0. The molecule has 25 heavy (non-hydrogen) atoms. The van der Waals surface area contributed by atoms with E-state index in [1.54, 1.807) is 0 Å². The first-order valence-electron chi connectivity index (χ1n) is 9.86. The van der Waals surface area contributed by atoms with Crippen molar-refractivity contribution in [2.75, 3.05) is 19.6 Å². The lowest BCUT2D eigenvalue weighted by Crippen LogP contribution is -2.43. The summed E-state index contributed by atoms with van der Waals surface area (Å²) in [4.78, 5) is 15.2. The summed E-state index contributed by atoms with van der Waals surface area (Å²) < 4.78 is 0. The fraction of sp³-hybridized carbons (Fsp3) is 0.667. The Bertz CT molecular complexity index is 641. The summed E-state index contributed by atoms with van der Waals surface area (Å²) in [6.07, 6.45) is 2.17. The number of hydrogen-bond donors (Lipinski definition) is 2. The zero-order valence-corrected chi connectivity index (χ0v) is 15.3. The molecule has 1 aromatic carbocycles. The normalized spacial score (nSPS) is 34.9. The molecule has 1 saturated carbocycles. The van der Waals surface area contributed by atoms with Gasteiger partial charge in [-0.2, -0.15) is 0 Å². The molecule has 136 valence electrons. The molecule has 2 fully saturated rings. The van der Waals surface area contributed by atoms with Crippen molar-refractivity contribution < 1.29 is 9.90 Å². The zero-order chi connectivity index (χ0) is 17.6. The molecule has 0 spiro atoms. The standard InChI is InChI=1S/C21H30N2O2/c1-3-13(2)10-23-11-18-16-6-4-5-7-17(16)20(19(18)12-23)22-21(25)14-8-15(24)9-14/h4-7,13-15,18-20,24H,3,8-12H2,1-2H3,(H,22,25)/t13?,14?,15?,18-,19-,20+/m0/s1. The van der Waals surface area contributed by atoms with Gasteiger partial charge in [-0.3, -0.25) is 4.79 Å². The number of hydrogen-bond acceptors (Lipinski definition) is 3. The van der Waals surface area contributed by atoms with Gasteiger partial charge in [0, 0.05) is 37.4 Å². The van der Waals surface area contributed by atoms with E-state index in [2.05, 4.69) is 48.3 Å². The highest BCUT2D eigenvalue weighted by atomic mass is 16.3. The van der Waals surface area contributed by atoms with E-state index >= 15 is 0 Å². The highest BCUT2D eigenvalue weighted by Crippen LogP contribution is 2.49. The third-order valence-corrected chi connectivity index (χ3v) is 6.65. The van der Waals surface area contributed by atoms with Crippen molar-refractivity contribution in [3.63, 3.8) is 0 Å². The molecule has 1 aromatic rings. The van der Waals surface area contributed by atoms with E-state index in [0.29, 0.717) is 24.7 Å². The smallest absolute Gasteiger partial charge is 0.223 e. The van der Waals surface area contributed by atoms with E-state index in [1.165, 1.54) is 17.5 Å². The number of fused-ring (bicyclic) bond motifs is 3. The molecular formula is C21H30N2O2. The van der Waals surface area contributed by atoms with E-state index < -0.39 is 0 Å². The summed E-state index contributed by atoms with van der Waals surface area (Å²) in [5.41, 5.74) is 2.74. The number of carbonyl (C=O) groups excluding carboxylic acids is 1. The van der Waals surface area contributed by atoms with Crippen LogP contribution in [0.1, 0.15) is 56.2 Å². The van der Waals surface area contributed by atoms with Gasteiger partial charge in [0.15, 0.2) is 0 Å². The fourth-order valence-corrected chi connectivity index (χ4v) is 4.92. The highest BCUT2D eigenvalue weighted by molar-refractivity contribution is 5.80. The van der Waals surface area contributed by atoms with Gasteiger partial charge in [0.05, 0.1) is 12.1 Å². The first-order valence-corrected chi connectivity index (χ1v) is 9.86. The van der Waals surface area contributed by atoms with Gasteiger partial charge in [0.2, 0.25) is 5.91 Å². The molecular weight excluding hydrogens is 312 g/mol. The predicted molar refractivity (Wildman–Crippen MR) is 98.2 cm³/mol. The first-order chi connectivity index (χ1) is 12.1. The minimum atomic E-state index is -0.281. The quantitative estimate of drug-likeness (QED) is 0.865. The molecule has 1 unspecified atom stereocenters. The van der Waals surface area contributed by atoms with E-state index in [4.69, 9.17) is 0 Å². The molecule has 3 aliphatic rings.